The Bertz CT molecular complexity index is 860. The Kier molecular flexibility index (Phi) is 5.29. The zero-order valence-electron chi connectivity index (χ0n) is 15.1. The van der Waals surface area contributed by atoms with Gasteiger partial charge in [0.15, 0.2) is 0 Å². The van der Waals surface area contributed by atoms with Crippen molar-refractivity contribution in [1.82, 2.24) is 24.2 Å². The third-order valence-electron chi connectivity index (χ3n) is 4.71. The van der Waals surface area contributed by atoms with Gasteiger partial charge in [-0.1, -0.05) is 30.3 Å². The normalized spacial score (nSPS) is 17.6. The van der Waals surface area contributed by atoms with E-state index in [-0.39, 0.29) is 18.6 Å². The molecule has 1 aliphatic heterocycles. The van der Waals surface area contributed by atoms with Gasteiger partial charge < -0.3 is 14.2 Å². The second-order valence-corrected chi connectivity index (χ2v) is 6.66. The molecule has 1 amide bonds. The van der Waals surface area contributed by atoms with Gasteiger partial charge >= 0.3 is 0 Å². The SMILES string of the molecule is O=C(Cn1ccnc1-c1ccccc1)N1CCCOC(Cn2cccn2)C1. The van der Waals surface area contributed by atoms with Crippen LogP contribution in [0.5, 0.6) is 0 Å². The zero-order chi connectivity index (χ0) is 18.5. The first kappa shape index (κ1) is 17.5. The van der Waals surface area contributed by atoms with E-state index in [2.05, 4.69) is 10.1 Å². The van der Waals surface area contributed by atoms with E-state index in [9.17, 15) is 4.79 Å². The lowest BCUT2D eigenvalue weighted by atomic mass is 10.2. The van der Waals surface area contributed by atoms with Crippen molar-refractivity contribution < 1.29 is 9.53 Å². The lowest BCUT2D eigenvalue weighted by Gasteiger charge is -2.24. The highest BCUT2D eigenvalue weighted by Crippen LogP contribution is 2.17. The van der Waals surface area contributed by atoms with Crippen LogP contribution in [0.3, 0.4) is 0 Å². The van der Waals surface area contributed by atoms with Gasteiger partial charge in [0.25, 0.3) is 0 Å². The minimum absolute atomic E-state index is 0.0484. The van der Waals surface area contributed by atoms with E-state index >= 15 is 0 Å². The molecule has 0 spiro atoms. The highest BCUT2D eigenvalue weighted by atomic mass is 16.5. The van der Waals surface area contributed by atoms with E-state index in [4.69, 9.17) is 4.74 Å². The number of imidazole rings is 1. The van der Waals surface area contributed by atoms with Gasteiger partial charge in [0.1, 0.15) is 12.4 Å². The second-order valence-electron chi connectivity index (χ2n) is 6.66. The number of hydrogen-bond donors (Lipinski definition) is 0. The molecular formula is C20H23N5O2. The minimum atomic E-state index is -0.0484. The molecule has 1 aromatic carbocycles. The van der Waals surface area contributed by atoms with Gasteiger partial charge in [-0.3, -0.25) is 9.48 Å². The summed E-state index contributed by atoms with van der Waals surface area (Å²) in [6.07, 6.45) is 8.06. The Morgan fingerprint density at radius 1 is 1.15 bits per heavy atom. The van der Waals surface area contributed by atoms with Crippen molar-refractivity contribution >= 4 is 5.91 Å². The van der Waals surface area contributed by atoms with Gasteiger partial charge in [-0.05, 0) is 12.5 Å². The number of rotatable bonds is 5. The number of ether oxygens (including phenoxy) is 1. The third kappa shape index (κ3) is 4.25. The molecule has 3 heterocycles. The summed E-state index contributed by atoms with van der Waals surface area (Å²) in [5, 5.41) is 4.24. The number of aromatic nitrogens is 4. The van der Waals surface area contributed by atoms with Gasteiger partial charge in [-0.15, -0.1) is 0 Å². The van der Waals surface area contributed by atoms with Crippen LogP contribution in [-0.4, -0.2) is 55.9 Å². The molecule has 0 radical (unpaired) electrons. The van der Waals surface area contributed by atoms with Gasteiger partial charge in [-0.25, -0.2) is 4.98 Å². The predicted molar refractivity (Wildman–Crippen MR) is 101 cm³/mol. The van der Waals surface area contributed by atoms with Crippen LogP contribution in [0.1, 0.15) is 6.42 Å². The maximum atomic E-state index is 12.9. The summed E-state index contributed by atoms with van der Waals surface area (Å²) in [5.74, 6) is 0.893. The summed E-state index contributed by atoms with van der Waals surface area (Å²) >= 11 is 0. The highest BCUT2D eigenvalue weighted by molar-refractivity contribution is 5.76. The molecule has 27 heavy (non-hydrogen) atoms. The molecule has 0 saturated carbocycles. The molecule has 4 rings (SSSR count). The summed E-state index contributed by atoms with van der Waals surface area (Å²) in [6.45, 7) is 2.88. The number of carbonyl (C=O) groups excluding carboxylic acids is 1. The molecule has 0 bridgehead atoms. The summed E-state index contributed by atoms with van der Waals surface area (Å²) in [7, 11) is 0. The monoisotopic (exact) mass is 365 g/mol. The molecule has 1 fully saturated rings. The summed E-state index contributed by atoms with van der Waals surface area (Å²) in [5.41, 5.74) is 1.01. The number of carbonyl (C=O) groups is 1. The molecule has 1 unspecified atom stereocenters. The van der Waals surface area contributed by atoms with E-state index in [0.29, 0.717) is 26.2 Å². The van der Waals surface area contributed by atoms with Crippen LogP contribution in [0, 0.1) is 0 Å². The van der Waals surface area contributed by atoms with Crippen LogP contribution in [0.2, 0.25) is 0 Å². The van der Waals surface area contributed by atoms with Crippen molar-refractivity contribution in [2.75, 3.05) is 19.7 Å². The molecule has 7 nitrogen and oxygen atoms in total. The van der Waals surface area contributed by atoms with E-state index < -0.39 is 0 Å². The smallest absolute Gasteiger partial charge is 0.242 e. The first-order chi connectivity index (χ1) is 13.3. The second kappa shape index (κ2) is 8.18. The van der Waals surface area contributed by atoms with Gasteiger partial charge in [0.2, 0.25) is 5.91 Å². The maximum absolute atomic E-state index is 12.9. The Hall–Kier alpha value is -2.93. The molecule has 1 atom stereocenters. The lowest BCUT2D eigenvalue weighted by Crippen LogP contribution is -2.40. The van der Waals surface area contributed by atoms with E-state index in [1.165, 1.54) is 0 Å². The summed E-state index contributed by atoms with van der Waals surface area (Å²) < 4.78 is 9.67. The van der Waals surface area contributed by atoms with Crippen LogP contribution in [0.25, 0.3) is 11.4 Å². The molecule has 140 valence electrons. The predicted octanol–water partition coefficient (Wildman–Crippen LogP) is 2.06. The summed E-state index contributed by atoms with van der Waals surface area (Å²) in [6, 6.07) is 11.8. The minimum Gasteiger partial charge on any atom is -0.374 e. The van der Waals surface area contributed by atoms with Crippen LogP contribution >= 0.6 is 0 Å². The Morgan fingerprint density at radius 3 is 2.85 bits per heavy atom. The first-order valence-corrected chi connectivity index (χ1v) is 9.23. The fraction of sp³-hybridized carbons (Fsp3) is 0.350. The first-order valence-electron chi connectivity index (χ1n) is 9.23. The Labute approximate surface area is 158 Å². The van der Waals surface area contributed by atoms with E-state index in [0.717, 1.165) is 17.8 Å². The van der Waals surface area contributed by atoms with Crippen molar-refractivity contribution in [3.8, 4) is 11.4 Å². The quantitative estimate of drug-likeness (QED) is 0.694. The largest absolute Gasteiger partial charge is 0.374 e. The van der Waals surface area contributed by atoms with Crippen LogP contribution in [0.15, 0.2) is 61.2 Å². The zero-order valence-corrected chi connectivity index (χ0v) is 15.1. The van der Waals surface area contributed by atoms with Crippen LogP contribution < -0.4 is 0 Å². The van der Waals surface area contributed by atoms with Gasteiger partial charge in [-0.2, -0.15) is 5.10 Å². The molecule has 1 saturated heterocycles. The average molecular weight is 365 g/mol. The highest BCUT2D eigenvalue weighted by Gasteiger charge is 2.23. The molecule has 2 aromatic heterocycles. The van der Waals surface area contributed by atoms with Crippen molar-refractivity contribution in [2.45, 2.75) is 25.6 Å². The fourth-order valence-electron chi connectivity index (χ4n) is 3.38. The van der Waals surface area contributed by atoms with Gasteiger partial charge in [0, 0.05) is 50.0 Å². The van der Waals surface area contributed by atoms with Crippen molar-refractivity contribution in [3.05, 3.63) is 61.2 Å². The van der Waals surface area contributed by atoms with Crippen LogP contribution in [-0.2, 0) is 22.6 Å². The van der Waals surface area contributed by atoms with Crippen molar-refractivity contribution in [2.24, 2.45) is 0 Å². The molecular weight excluding hydrogens is 342 g/mol. The molecule has 1 aliphatic rings. The molecule has 3 aromatic rings. The molecule has 0 N–H and O–H groups in total. The summed E-state index contributed by atoms with van der Waals surface area (Å²) in [4.78, 5) is 19.3. The Morgan fingerprint density at radius 2 is 2.04 bits per heavy atom. The van der Waals surface area contributed by atoms with E-state index in [1.807, 2.05) is 62.9 Å². The number of nitrogens with zero attached hydrogens (tertiary/aromatic N) is 5. The van der Waals surface area contributed by atoms with Crippen LogP contribution in [0.4, 0.5) is 0 Å². The lowest BCUT2D eigenvalue weighted by molar-refractivity contribution is -0.132. The number of hydrogen-bond acceptors (Lipinski definition) is 4. The van der Waals surface area contributed by atoms with E-state index in [1.54, 1.807) is 12.4 Å². The topological polar surface area (TPSA) is 65.2 Å². The maximum Gasteiger partial charge on any atom is 0.242 e. The standard InChI is InChI=1S/C20H23N5O2/c26-19(16-24-12-9-21-20(24)17-6-2-1-3-7-17)23-10-5-13-27-18(14-23)15-25-11-4-8-22-25/h1-4,6-9,11-12,18H,5,10,13-16H2. The molecule has 0 aliphatic carbocycles. The van der Waals surface area contributed by atoms with Crippen molar-refractivity contribution in [3.63, 3.8) is 0 Å². The fourth-order valence-corrected chi connectivity index (χ4v) is 3.38. The molecule has 7 heteroatoms. The van der Waals surface area contributed by atoms with Gasteiger partial charge in [0.05, 0.1) is 12.6 Å². The Balaban J connectivity index is 1.44. The van der Waals surface area contributed by atoms with Crippen molar-refractivity contribution in [1.29, 1.82) is 0 Å². The number of benzene rings is 1. The average Bonchev–Trinajstić information content (AvgIpc) is 3.31. The number of amides is 1. The third-order valence-corrected chi connectivity index (χ3v) is 4.71.